The van der Waals surface area contributed by atoms with Crippen LogP contribution in [0.15, 0.2) is 106 Å². The molecule has 0 radical (unpaired) electrons. The highest BCUT2D eigenvalue weighted by atomic mass is 79.9. The minimum Gasteiger partial charge on any atom is -0.444 e. The van der Waals surface area contributed by atoms with E-state index in [0.717, 1.165) is 115 Å². The van der Waals surface area contributed by atoms with Crippen molar-refractivity contribution in [2.75, 3.05) is 111 Å². The van der Waals surface area contributed by atoms with Crippen LogP contribution in [0.25, 0.3) is 11.0 Å². The number of carbonyl (C=O) groups is 3. The van der Waals surface area contributed by atoms with Crippen LogP contribution in [0, 0.1) is 40.5 Å². The number of thioether (sulfide) groups is 3. The Bertz CT molecular complexity index is 5300. The van der Waals surface area contributed by atoms with Crippen molar-refractivity contribution in [1.29, 1.82) is 0 Å². The molecule has 0 aliphatic carbocycles. The Morgan fingerprint density at radius 2 is 0.950 bits per heavy atom. The zero-order chi connectivity index (χ0) is 87.3. The van der Waals surface area contributed by atoms with Crippen LogP contribution in [0.2, 0.25) is 0 Å². The van der Waals surface area contributed by atoms with E-state index in [1.807, 2.05) is 48.6 Å². The van der Waals surface area contributed by atoms with Gasteiger partial charge in [-0.2, -0.15) is 8.42 Å². The molecule has 119 heavy (non-hydrogen) atoms. The molecular weight excluding hydrogens is 1920 g/mol. The van der Waals surface area contributed by atoms with E-state index in [2.05, 4.69) is 142 Å². The number of nitrogens with zero attached hydrogens (tertiary/aromatic N) is 15. The topological polar surface area (TPSA) is 448 Å². The molecule has 0 saturated carbocycles. The number of non-ortho nitro benzene ring substituents is 2. The molecule has 35 nitrogen and oxygen atoms in total. The van der Waals surface area contributed by atoms with Gasteiger partial charge in [-0.05, 0) is 24.6 Å². The summed E-state index contributed by atoms with van der Waals surface area (Å²) in [6, 6.07) is 9.92. The molecule has 0 aliphatic heterocycles. The lowest BCUT2D eigenvalue weighted by Gasteiger charge is -2.25. The van der Waals surface area contributed by atoms with Crippen molar-refractivity contribution < 1.29 is 59.9 Å². The Labute approximate surface area is 744 Å². The molecule has 0 bridgehead atoms. The third-order valence-electron chi connectivity index (χ3n) is 16.7. The van der Waals surface area contributed by atoms with Crippen LogP contribution >= 0.6 is 140 Å². The largest absolute Gasteiger partial charge is 0.444 e. The van der Waals surface area contributed by atoms with Crippen molar-refractivity contribution in [2.24, 2.45) is 7.05 Å². The Hall–Kier alpha value is -7.96. The van der Waals surface area contributed by atoms with E-state index in [1.165, 1.54) is 67.9 Å². The van der Waals surface area contributed by atoms with E-state index in [9.17, 15) is 63.3 Å². The molecule has 3 amide bonds. The van der Waals surface area contributed by atoms with Gasteiger partial charge in [-0.25, -0.2) is 34.9 Å². The number of nitrogens with one attached hydrogen (secondary N) is 3. The van der Waals surface area contributed by atoms with Gasteiger partial charge in [0.2, 0.25) is 23.6 Å². The van der Waals surface area contributed by atoms with E-state index in [-0.39, 0.29) is 105 Å². The molecule has 0 atom stereocenters. The van der Waals surface area contributed by atoms with Crippen LogP contribution < -0.4 is 30.7 Å². The molecule has 0 spiro atoms. The fraction of sp³-hybridized carbons (Fsp3) is 0.444. The average Bonchev–Trinajstić information content (AvgIpc) is 1.68. The van der Waals surface area contributed by atoms with E-state index < -0.39 is 64.4 Å². The van der Waals surface area contributed by atoms with Gasteiger partial charge in [-0.3, -0.25) is 69.7 Å². The number of anilines is 6. The standard InChI is InChI=1S/C27H34Br2N6O2S2.C23H27BrN6O9S3.C22H24Cl2N6O6S2/c1-27(2,3)21-15-30-24(37-21)17-38-25-16-31-26(39-25)33-23(36)7-5-6-22-32-19-14-18(8-9-20(19)34(22)4)35(12-10-28)13-11-29;1-23(2,3)17-11-25-18(39-17)13-40-19-12-26-22(41-19)27-21(31)15-9-14(29(32)33)10-16(30(34)35)20(15)28(6-5-24)7-8-38-42(4,36)37;1-22(2,3)16-10-25-17(36-16)12-37-18-11-26-21(38-18)27-20(31)14-8-13(29(32)33)9-15(30(34)35)19(14)28(6-4-23)7-5-24/h8-9,14-16H,5-7,10-13,17H2,1-4H3,(H,31,33,36);9-12H,5-8,13H2,1-4H3,(H,26,27,31);8-11H,4-7,12H2,1-3H3,(H,26,27,31). The molecule has 0 fully saturated rings. The summed E-state index contributed by atoms with van der Waals surface area (Å²) in [4.78, 5) is 119. The number of hydrogen-bond acceptors (Lipinski definition) is 33. The number of aryl methyl sites for hydroxylation is 2. The third-order valence-corrected chi connectivity index (χ3v) is 24.9. The van der Waals surface area contributed by atoms with Gasteiger partial charge in [-0.1, -0.05) is 144 Å². The first-order chi connectivity index (χ1) is 56.2. The maximum absolute atomic E-state index is 13.4. The highest BCUT2D eigenvalue weighted by Crippen LogP contribution is 2.42. The van der Waals surface area contributed by atoms with Gasteiger partial charge in [0.15, 0.2) is 15.4 Å². The minimum absolute atomic E-state index is 0.0374. The number of hydrogen-bond donors (Lipinski definition) is 3. The van der Waals surface area contributed by atoms with Crippen molar-refractivity contribution in [3.63, 3.8) is 0 Å². The van der Waals surface area contributed by atoms with Crippen LogP contribution in [0.4, 0.5) is 55.2 Å². The summed E-state index contributed by atoms with van der Waals surface area (Å²) in [6.45, 7) is 20.0. The molecule has 47 heteroatoms. The van der Waals surface area contributed by atoms with Crippen LogP contribution in [0.3, 0.4) is 0 Å². The third kappa shape index (κ3) is 28.6. The molecule has 0 saturated heterocycles. The minimum atomic E-state index is -3.81. The van der Waals surface area contributed by atoms with Crippen LogP contribution in [0.5, 0.6) is 0 Å². The van der Waals surface area contributed by atoms with Gasteiger partial charge in [0.1, 0.15) is 34.5 Å². The summed E-state index contributed by atoms with van der Waals surface area (Å²) in [6.07, 6.45) is 12.7. The summed E-state index contributed by atoms with van der Waals surface area (Å²) in [5.41, 5.74) is -0.710. The number of alkyl halides is 5. The first-order valence-electron chi connectivity index (χ1n) is 36.0. The zero-order valence-corrected chi connectivity index (χ0v) is 78.1. The highest BCUT2D eigenvalue weighted by molar-refractivity contribution is 9.09. The summed E-state index contributed by atoms with van der Waals surface area (Å²) in [5.74, 6) is 5.05. The normalized spacial score (nSPS) is 11.7. The SMILES string of the molecule is CC(C)(C)c1cnc(CSc2cnc(NC(=O)c3cc([N+](=O)[O-])cc([N+](=O)[O-])c3N(CCBr)CCOS(C)(=O)=O)s2)o1.CC(C)(C)c1cnc(CSc2cnc(NC(=O)c3cc([N+](=O)[O-])cc([N+](=O)[O-])c3N(CCCl)CCCl)s2)o1.Cn1c(CCCC(=O)Nc2ncc(SCc3ncc(C(C)(C)C)o3)s2)nc2cc(N(CCBr)CCBr)ccc21. The van der Waals surface area contributed by atoms with Crippen LogP contribution in [0.1, 0.15) is 137 Å². The second-order valence-electron chi connectivity index (χ2n) is 28.7. The number of rotatable bonds is 39. The number of oxazole rings is 3. The fourth-order valence-corrected chi connectivity index (χ4v) is 18.1. The molecule has 7 aromatic heterocycles. The lowest BCUT2D eigenvalue weighted by molar-refractivity contribution is -0.394. The predicted molar refractivity (Wildman–Crippen MR) is 479 cm³/mol. The highest BCUT2D eigenvalue weighted by Gasteiger charge is 2.35. The van der Waals surface area contributed by atoms with E-state index in [1.54, 1.807) is 42.7 Å². The molecule has 10 rings (SSSR count). The van der Waals surface area contributed by atoms with Crippen LogP contribution in [-0.4, -0.2) is 165 Å². The van der Waals surface area contributed by atoms with Gasteiger partial charge >= 0.3 is 0 Å². The van der Waals surface area contributed by atoms with Crippen molar-refractivity contribution >= 4 is 234 Å². The molecule has 0 unspecified atom stereocenters. The number of imidazole rings is 1. The number of aromatic nitrogens is 8. The van der Waals surface area contributed by atoms with Crippen LogP contribution in [-0.2, 0) is 66.1 Å². The van der Waals surface area contributed by atoms with E-state index in [0.29, 0.717) is 57.1 Å². The number of thiazole rings is 3. The second kappa shape index (κ2) is 44.2. The quantitative estimate of drug-likeness (QED) is 0.0106. The Kier molecular flexibility index (Phi) is 35.8. The lowest BCUT2D eigenvalue weighted by atomic mass is 9.94. The Morgan fingerprint density at radius 1 is 0.555 bits per heavy atom. The predicted octanol–water partition coefficient (Wildman–Crippen LogP) is 18.2. The first-order valence-corrected chi connectivity index (χ1v) is 47.7. The van der Waals surface area contributed by atoms with E-state index in [4.69, 9.17) is 45.6 Å². The number of nitro groups is 4. The number of benzene rings is 3. The van der Waals surface area contributed by atoms with Crippen molar-refractivity contribution in [3.8, 4) is 0 Å². The number of carbonyl (C=O) groups excluding carboxylic acids is 3. The van der Waals surface area contributed by atoms with Gasteiger partial charge in [0, 0.05) is 121 Å². The molecule has 3 aromatic carbocycles. The van der Waals surface area contributed by atoms with Crippen molar-refractivity contribution in [3.05, 3.63) is 172 Å². The molecule has 7 heterocycles. The molecule has 3 N–H and O–H groups in total. The lowest BCUT2D eigenvalue weighted by Crippen LogP contribution is -2.32. The zero-order valence-electron chi connectivity index (χ0n) is 66.1. The Morgan fingerprint density at radius 3 is 1.31 bits per heavy atom. The summed E-state index contributed by atoms with van der Waals surface area (Å²) in [5, 5.41) is 58.0. The number of fused-ring (bicyclic) bond motifs is 1. The Balaban J connectivity index is 0.000000223. The fourth-order valence-electron chi connectivity index (χ4n) is 10.9. The average molecular weight is 2010 g/mol. The second-order valence-corrected chi connectivity index (χ2v) is 40.4. The van der Waals surface area contributed by atoms with Crippen molar-refractivity contribution in [2.45, 2.75) is 128 Å². The maximum atomic E-state index is 13.4. The van der Waals surface area contributed by atoms with Gasteiger partial charge in [-0.15, -0.1) is 58.5 Å². The smallest absolute Gasteiger partial charge is 0.300 e. The summed E-state index contributed by atoms with van der Waals surface area (Å²) >= 11 is 30.2. The summed E-state index contributed by atoms with van der Waals surface area (Å²) in [7, 11) is -1.78. The number of halogens is 5. The molecule has 10 aromatic rings. The monoisotopic (exact) mass is 2000 g/mol. The summed E-state index contributed by atoms with van der Waals surface area (Å²) < 4.78 is 49.7. The molecule has 642 valence electrons. The first kappa shape index (κ1) is 96.5. The molecular formula is C72H85Br3Cl2N18O17S7. The number of nitro benzene ring substituents is 4. The van der Waals surface area contributed by atoms with Gasteiger partial charge < -0.3 is 37.8 Å². The van der Waals surface area contributed by atoms with Gasteiger partial charge in [0.05, 0.1) is 134 Å². The van der Waals surface area contributed by atoms with Gasteiger partial charge in [0.25, 0.3) is 44.7 Å². The molecule has 0 aliphatic rings. The number of amides is 3. The van der Waals surface area contributed by atoms with E-state index >= 15 is 0 Å². The van der Waals surface area contributed by atoms with Crippen molar-refractivity contribution in [1.82, 2.24) is 39.5 Å². The maximum Gasteiger partial charge on any atom is 0.300 e.